The fourth-order valence-corrected chi connectivity index (χ4v) is 2.97. The summed E-state index contributed by atoms with van der Waals surface area (Å²) in [4.78, 5) is 13.7. The molecular formula is C13H23NO2. The topological polar surface area (TPSA) is 40.5 Å². The van der Waals surface area contributed by atoms with Crippen LogP contribution in [0.5, 0.6) is 0 Å². The molecule has 0 radical (unpaired) electrons. The molecule has 2 saturated carbocycles. The number of rotatable bonds is 5. The van der Waals surface area contributed by atoms with Crippen molar-refractivity contribution in [2.45, 2.75) is 51.5 Å². The quantitative estimate of drug-likeness (QED) is 0.781. The molecule has 0 bridgehead atoms. The SMILES string of the molecule is CCN(CC1CC1)C1CCCCC1C(=O)O. The van der Waals surface area contributed by atoms with Crippen molar-refractivity contribution >= 4 is 5.97 Å². The van der Waals surface area contributed by atoms with E-state index in [-0.39, 0.29) is 5.92 Å². The van der Waals surface area contributed by atoms with Crippen molar-refractivity contribution in [3.05, 3.63) is 0 Å². The first kappa shape index (κ1) is 11.9. The van der Waals surface area contributed by atoms with E-state index >= 15 is 0 Å². The highest BCUT2D eigenvalue weighted by atomic mass is 16.4. The molecule has 2 unspecified atom stereocenters. The summed E-state index contributed by atoms with van der Waals surface area (Å²) in [7, 11) is 0. The molecule has 2 aliphatic carbocycles. The molecule has 92 valence electrons. The zero-order chi connectivity index (χ0) is 11.5. The Labute approximate surface area is 97.8 Å². The standard InChI is InChI=1S/C13H23NO2/c1-2-14(9-10-7-8-10)12-6-4-3-5-11(12)13(15)16/h10-12H,2-9H2,1H3,(H,15,16). The predicted octanol–water partition coefficient (Wildman–Crippen LogP) is 2.36. The van der Waals surface area contributed by atoms with Gasteiger partial charge in [0.05, 0.1) is 5.92 Å². The molecule has 0 amide bonds. The Morgan fingerprint density at radius 1 is 1.25 bits per heavy atom. The lowest BCUT2D eigenvalue weighted by Gasteiger charge is -2.37. The van der Waals surface area contributed by atoms with E-state index in [2.05, 4.69) is 11.8 Å². The molecule has 0 saturated heterocycles. The van der Waals surface area contributed by atoms with E-state index in [0.29, 0.717) is 6.04 Å². The minimum Gasteiger partial charge on any atom is -0.481 e. The van der Waals surface area contributed by atoms with Gasteiger partial charge >= 0.3 is 5.97 Å². The van der Waals surface area contributed by atoms with Gasteiger partial charge in [-0.1, -0.05) is 19.8 Å². The third kappa shape index (κ3) is 2.76. The Balaban J connectivity index is 1.98. The molecule has 16 heavy (non-hydrogen) atoms. The van der Waals surface area contributed by atoms with Crippen molar-refractivity contribution in [2.24, 2.45) is 11.8 Å². The Kier molecular flexibility index (Phi) is 3.85. The summed E-state index contributed by atoms with van der Waals surface area (Å²) in [6, 6.07) is 0.303. The fourth-order valence-electron chi connectivity index (χ4n) is 2.97. The monoisotopic (exact) mass is 225 g/mol. The molecular weight excluding hydrogens is 202 g/mol. The van der Waals surface area contributed by atoms with Crippen LogP contribution in [-0.4, -0.2) is 35.1 Å². The normalized spacial score (nSPS) is 30.6. The lowest BCUT2D eigenvalue weighted by Crippen LogP contribution is -2.46. The second-order valence-corrected chi connectivity index (χ2v) is 5.33. The maximum atomic E-state index is 11.3. The molecule has 2 rings (SSSR count). The van der Waals surface area contributed by atoms with Crippen molar-refractivity contribution < 1.29 is 9.90 Å². The van der Waals surface area contributed by atoms with Gasteiger partial charge in [0, 0.05) is 12.6 Å². The number of aliphatic carboxylic acids is 1. The molecule has 0 aromatic carbocycles. The summed E-state index contributed by atoms with van der Waals surface area (Å²) >= 11 is 0. The number of carbonyl (C=O) groups is 1. The Morgan fingerprint density at radius 3 is 2.50 bits per heavy atom. The third-order valence-corrected chi connectivity index (χ3v) is 4.11. The average molecular weight is 225 g/mol. The zero-order valence-electron chi connectivity index (χ0n) is 10.2. The van der Waals surface area contributed by atoms with Crippen molar-refractivity contribution in [2.75, 3.05) is 13.1 Å². The van der Waals surface area contributed by atoms with Gasteiger partial charge in [-0.3, -0.25) is 9.69 Å². The molecule has 0 heterocycles. The molecule has 0 aromatic rings. The van der Waals surface area contributed by atoms with Crippen molar-refractivity contribution in [1.29, 1.82) is 0 Å². The van der Waals surface area contributed by atoms with Crippen LogP contribution >= 0.6 is 0 Å². The average Bonchev–Trinajstić information content (AvgIpc) is 3.09. The largest absolute Gasteiger partial charge is 0.481 e. The van der Waals surface area contributed by atoms with E-state index in [1.54, 1.807) is 0 Å². The van der Waals surface area contributed by atoms with Gasteiger partial charge in [-0.05, 0) is 38.1 Å². The summed E-state index contributed by atoms with van der Waals surface area (Å²) in [5.74, 6) is 0.155. The highest BCUT2D eigenvalue weighted by Crippen LogP contribution is 2.34. The second-order valence-electron chi connectivity index (χ2n) is 5.33. The van der Waals surface area contributed by atoms with E-state index in [0.717, 1.165) is 38.3 Å². The van der Waals surface area contributed by atoms with Gasteiger partial charge in [0.15, 0.2) is 0 Å². The van der Waals surface area contributed by atoms with Crippen LogP contribution < -0.4 is 0 Å². The maximum Gasteiger partial charge on any atom is 0.308 e. The number of hydrogen-bond donors (Lipinski definition) is 1. The first-order chi connectivity index (χ1) is 7.72. The molecule has 3 nitrogen and oxygen atoms in total. The maximum absolute atomic E-state index is 11.3. The van der Waals surface area contributed by atoms with Crippen LogP contribution in [0.4, 0.5) is 0 Å². The van der Waals surface area contributed by atoms with Gasteiger partial charge in [0.1, 0.15) is 0 Å². The summed E-state index contributed by atoms with van der Waals surface area (Å²) in [5.41, 5.74) is 0. The molecule has 2 atom stereocenters. The highest BCUT2D eigenvalue weighted by molar-refractivity contribution is 5.71. The van der Waals surface area contributed by atoms with Crippen molar-refractivity contribution in [1.82, 2.24) is 4.90 Å². The van der Waals surface area contributed by atoms with Crippen LogP contribution in [0.2, 0.25) is 0 Å². The predicted molar refractivity (Wildman–Crippen MR) is 63.4 cm³/mol. The van der Waals surface area contributed by atoms with Crippen LogP contribution in [0, 0.1) is 11.8 Å². The van der Waals surface area contributed by atoms with E-state index in [1.807, 2.05) is 0 Å². The lowest BCUT2D eigenvalue weighted by atomic mass is 9.83. The zero-order valence-corrected chi connectivity index (χ0v) is 10.2. The Morgan fingerprint density at radius 2 is 1.94 bits per heavy atom. The van der Waals surface area contributed by atoms with Crippen LogP contribution in [0.1, 0.15) is 45.4 Å². The molecule has 0 aliphatic heterocycles. The summed E-state index contributed by atoms with van der Waals surface area (Å²) in [6.07, 6.45) is 6.95. The van der Waals surface area contributed by atoms with Crippen molar-refractivity contribution in [3.8, 4) is 0 Å². The first-order valence-corrected chi connectivity index (χ1v) is 6.69. The third-order valence-electron chi connectivity index (χ3n) is 4.11. The summed E-state index contributed by atoms with van der Waals surface area (Å²) in [6.45, 7) is 4.30. The Hall–Kier alpha value is -0.570. The van der Waals surface area contributed by atoms with Crippen LogP contribution in [0.25, 0.3) is 0 Å². The van der Waals surface area contributed by atoms with Crippen LogP contribution in [-0.2, 0) is 4.79 Å². The lowest BCUT2D eigenvalue weighted by molar-refractivity contribution is -0.145. The molecule has 0 spiro atoms. The van der Waals surface area contributed by atoms with Crippen LogP contribution in [0.3, 0.4) is 0 Å². The van der Waals surface area contributed by atoms with Gasteiger partial charge in [0.25, 0.3) is 0 Å². The first-order valence-electron chi connectivity index (χ1n) is 6.69. The second kappa shape index (κ2) is 5.17. The van der Waals surface area contributed by atoms with Gasteiger partial charge in [0.2, 0.25) is 0 Å². The van der Waals surface area contributed by atoms with E-state index in [9.17, 15) is 9.90 Å². The molecule has 2 fully saturated rings. The molecule has 1 N–H and O–H groups in total. The van der Waals surface area contributed by atoms with Gasteiger partial charge in [-0.25, -0.2) is 0 Å². The summed E-state index contributed by atoms with van der Waals surface area (Å²) < 4.78 is 0. The van der Waals surface area contributed by atoms with Gasteiger partial charge in [-0.15, -0.1) is 0 Å². The fraction of sp³-hybridized carbons (Fsp3) is 0.923. The van der Waals surface area contributed by atoms with Gasteiger partial charge in [-0.2, -0.15) is 0 Å². The summed E-state index contributed by atoms with van der Waals surface area (Å²) in [5, 5.41) is 9.28. The number of nitrogens with zero attached hydrogens (tertiary/aromatic N) is 1. The number of hydrogen-bond acceptors (Lipinski definition) is 2. The molecule has 2 aliphatic rings. The van der Waals surface area contributed by atoms with Gasteiger partial charge < -0.3 is 5.11 Å². The van der Waals surface area contributed by atoms with E-state index in [4.69, 9.17) is 0 Å². The molecule has 3 heteroatoms. The van der Waals surface area contributed by atoms with Crippen LogP contribution in [0.15, 0.2) is 0 Å². The van der Waals surface area contributed by atoms with Crippen molar-refractivity contribution in [3.63, 3.8) is 0 Å². The number of carboxylic acid groups (broad SMARTS) is 1. The van der Waals surface area contributed by atoms with E-state index in [1.165, 1.54) is 19.3 Å². The van der Waals surface area contributed by atoms with E-state index < -0.39 is 5.97 Å². The smallest absolute Gasteiger partial charge is 0.308 e. The molecule has 0 aromatic heterocycles. The minimum atomic E-state index is -0.584. The number of carboxylic acids is 1. The Bertz CT molecular complexity index is 250. The minimum absolute atomic E-state index is 0.118. The highest BCUT2D eigenvalue weighted by Gasteiger charge is 2.36.